The molecule has 4 rings (SSSR count). The highest BCUT2D eigenvalue weighted by atomic mass is 32.2. The molecule has 0 saturated carbocycles. The molecule has 2 aromatic heterocycles. The fourth-order valence-corrected chi connectivity index (χ4v) is 3.77. The van der Waals surface area contributed by atoms with Crippen LogP contribution in [0.1, 0.15) is 12.5 Å². The second kappa shape index (κ2) is 9.89. The van der Waals surface area contributed by atoms with Gasteiger partial charge in [0.2, 0.25) is 0 Å². The Labute approximate surface area is 180 Å². The molecular formula is C24H22N4OS. The largest absolute Gasteiger partial charge is 0.494 e. The van der Waals surface area contributed by atoms with Gasteiger partial charge in [0.1, 0.15) is 5.75 Å². The lowest BCUT2D eigenvalue weighted by Gasteiger charge is -2.11. The molecule has 0 aliphatic carbocycles. The Hall–Kier alpha value is -3.38. The minimum atomic E-state index is 0.642. The highest BCUT2D eigenvalue weighted by Gasteiger charge is 2.16. The van der Waals surface area contributed by atoms with Crippen molar-refractivity contribution in [3.05, 3.63) is 90.8 Å². The molecule has 150 valence electrons. The summed E-state index contributed by atoms with van der Waals surface area (Å²) in [6.45, 7) is 2.62. The van der Waals surface area contributed by atoms with Crippen LogP contribution in [-0.2, 0) is 0 Å². The lowest BCUT2D eigenvalue weighted by molar-refractivity contribution is 0.340. The summed E-state index contributed by atoms with van der Waals surface area (Å²) in [6, 6.07) is 22.2. The number of hydrogen-bond donors (Lipinski definition) is 0. The summed E-state index contributed by atoms with van der Waals surface area (Å²) >= 11 is 1.65. The molecule has 0 aliphatic heterocycles. The van der Waals surface area contributed by atoms with Crippen molar-refractivity contribution in [3.8, 4) is 22.8 Å². The molecule has 0 saturated heterocycles. The molecule has 0 spiro atoms. The number of rotatable bonds is 8. The van der Waals surface area contributed by atoms with Crippen molar-refractivity contribution < 1.29 is 4.74 Å². The monoisotopic (exact) mass is 414 g/mol. The SMILES string of the molecule is CCOc1ccc(-n2c(SC/C=C/c3ccccc3)nnc2-c2ccncc2)cc1. The Morgan fingerprint density at radius 3 is 2.43 bits per heavy atom. The third kappa shape index (κ3) is 4.78. The topological polar surface area (TPSA) is 52.8 Å². The molecule has 30 heavy (non-hydrogen) atoms. The fraction of sp³-hybridized carbons (Fsp3) is 0.125. The van der Waals surface area contributed by atoms with Crippen molar-refractivity contribution >= 4 is 17.8 Å². The van der Waals surface area contributed by atoms with E-state index in [0.29, 0.717) is 6.61 Å². The van der Waals surface area contributed by atoms with Gasteiger partial charge in [0.25, 0.3) is 0 Å². The average Bonchev–Trinajstić information content (AvgIpc) is 3.23. The molecule has 5 nitrogen and oxygen atoms in total. The van der Waals surface area contributed by atoms with Crippen molar-refractivity contribution in [2.75, 3.05) is 12.4 Å². The second-order valence-corrected chi connectivity index (χ2v) is 7.42. The van der Waals surface area contributed by atoms with Crippen LogP contribution in [0.25, 0.3) is 23.2 Å². The number of hydrogen-bond acceptors (Lipinski definition) is 5. The minimum absolute atomic E-state index is 0.642. The maximum absolute atomic E-state index is 5.58. The van der Waals surface area contributed by atoms with Crippen LogP contribution in [0, 0.1) is 0 Å². The molecular weight excluding hydrogens is 392 g/mol. The summed E-state index contributed by atoms with van der Waals surface area (Å²) in [5.74, 6) is 2.43. The van der Waals surface area contributed by atoms with E-state index in [0.717, 1.165) is 33.7 Å². The molecule has 0 amide bonds. The molecule has 4 aromatic rings. The molecule has 0 atom stereocenters. The first-order chi connectivity index (χ1) is 14.8. The van der Waals surface area contributed by atoms with E-state index < -0.39 is 0 Å². The molecule has 2 heterocycles. The van der Waals surface area contributed by atoms with Crippen LogP contribution in [0.2, 0.25) is 0 Å². The third-order valence-corrected chi connectivity index (χ3v) is 5.28. The highest BCUT2D eigenvalue weighted by molar-refractivity contribution is 7.99. The Morgan fingerprint density at radius 2 is 1.70 bits per heavy atom. The van der Waals surface area contributed by atoms with Crippen molar-refractivity contribution in [2.24, 2.45) is 0 Å². The van der Waals surface area contributed by atoms with Gasteiger partial charge in [0, 0.05) is 29.4 Å². The lowest BCUT2D eigenvalue weighted by atomic mass is 10.2. The molecule has 0 bridgehead atoms. The molecule has 0 fully saturated rings. The van der Waals surface area contributed by atoms with Crippen LogP contribution in [-0.4, -0.2) is 32.1 Å². The molecule has 0 aliphatic rings. The number of aromatic nitrogens is 4. The standard InChI is InChI=1S/C24H22N4OS/c1-2-29-22-12-10-21(11-13-22)28-23(20-14-16-25-17-15-20)26-27-24(28)30-18-6-9-19-7-4-3-5-8-19/h3-17H,2,18H2,1H3/b9-6+. The summed E-state index contributed by atoms with van der Waals surface area (Å²) in [4.78, 5) is 4.11. The van der Waals surface area contributed by atoms with Crippen LogP contribution in [0.5, 0.6) is 5.75 Å². The zero-order valence-corrected chi connectivity index (χ0v) is 17.5. The van der Waals surface area contributed by atoms with E-state index in [1.54, 1.807) is 24.2 Å². The maximum Gasteiger partial charge on any atom is 0.196 e. The zero-order chi connectivity index (χ0) is 20.6. The molecule has 6 heteroatoms. The van der Waals surface area contributed by atoms with Crippen molar-refractivity contribution in [3.63, 3.8) is 0 Å². The van der Waals surface area contributed by atoms with Gasteiger partial charge < -0.3 is 4.74 Å². The molecule has 0 unspecified atom stereocenters. The minimum Gasteiger partial charge on any atom is -0.494 e. The Balaban J connectivity index is 1.61. The number of thioether (sulfide) groups is 1. The lowest BCUT2D eigenvalue weighted by Crippen LogP contribution is -2.00. The van der Waals surface area contributed by atoms with Crippen LogP contribution >= 0.6 is 11.8 Å². The van der Waals surface area contributed by atoms with Gasteiger partial charge >= 0.3 is 0 Å². The Morgan fingerprint density at radius 1 is 0.933 bits per heavy atom. The Kier molecular flexibility index (Phi) is 6.57. The van der Waals surface area contributed by atoms with Crippen LogP contribution < -0.4 is 4.74 Å². The van der Waals surface area contributed by atoms with E-state index in [4.69, 9.17) is 4.74 Å². The molecule has 2 aromatic carbocycles. The van der Waals surface area contributed by atoms with E-state index in [2.05, 4.69) is 44.0 Å². The predicted octanol–water partition coefficient (Wildman–Crippen LogP) is 5.53. The van der Waals surface area contributed by atoms with Crippen LogP contribution in [0.15, 0.2) is 90.4 Å². The van der Waals surface area contributed by atoms with Crippen LogP contribution in [0.3, 0.4) is 0 Å². The van der Waals surface area contributed by atoms with Gasteiger partial charge in [-0.2, -0.15) is 0 Å². The second-order valence-electron chi connectivity index (χ2n) is 6.43. The summed E-state index contributed by atoms with van der Waals surface area (Å²) < 4.78 is 7.66. The van der Waals surface area contributed by atoms with Gasteiger partial charge in [-0.25, -0.2) is 0 Å². The van der Waals surface area contributed by atoms with Gasteiger partial charge in [-0.15, -0.1) is 10.2 Å². The van der Waals surface area contributed by atoms with Gasteiger partial charge in [0.05, 0.1) is 6.61 Å². The zero-order valence-electron chi connectivity index (χ0n) is 16.7. The van der Waals surface area contributed by atoms with Crippen molar-refractivity contribution in [2.45, 2.75) is 12.1 Å². The van der Waals surface area contributed by atoms with E-state index in [1.807, 2.05) is 61.5 Å². The Bertz CT molecular complexity index is 1090. The number of ether oxygens (including phenoxy) is 1. The summed E-state index contributed by atoms with van der Waals surface area (Å²) in [5, 5.41) is 9.77. The van der Waals surface area contributed by atoms with Crippen molar-refractivity contribution in [1.82, 2.24) is 19.7 Å². The summed E-state index contributed by atoms with van der Waals surface area (Å²) in [6.07, 6.45) is 7.79. The maximum atomic E-state index is 5.58. The highest BCUT2D eigenvalue weighted by Crippen LogP contribution is 2.28. The van der Waals surface area contributed by atoms with E-state index in [9.17, 15) is 0 Å². The molecule has 0 N–H and O–H groups in total. The molecule has 0 radical (unpaired) electrons. The van der Waals surface area contributed by atoms with E-state index >= 15 is 0 Å². The summed E-state index contributed by atoms with van der Waals surface area (Å²) in [5.41, 5.74) is 3.14. The fourth-order valence-electron chi connectivity index (χ4n) is 3.01. The quantitative estimate of drug-likeness (QED) is 0.355. The summed E-state index contributed by atoms with van der Waals surface area (Å²) in [7, 11) is 0. The van der Waals surface area contributed by atoms with Crippen molar-refractivity contribution in [1.29, 1.82) is 0 Å². The first-order valence-corrected chi connectivity index (χ1v) is 10.8. The van der Waals surface area contributed by atoms with Gasteiger partial charge in [0.15, 0.2) is 11.0 Å². The first kappa shape index (κ1) is 19.9. The predicted molar refractivity (Wildman–Crippen MR) is 122 cm³/mol. The average molecular weight is 415 g/mol. The smallest absolute Gasteiger partial charge is 0.196 e. The third-order valence-electron chi connectivity index (χ3n) is 4.40. The van der Waals surface area contributed by atoms with Gasteiger partial charge in [-0.3, -0.25) is 9.55 Å². The van der Waals surface area contributed by atoms with Crippen LogP contribution in [0.4, 0.5) is 0 Å². The first-order valence-electron chi connectivity index (χ1n) is 9.78. The van der Waals surface area contributed by atoms with Gasteiger partial charge in [-0.1, -0.05) is 54.2 Å². The van der Waals surface area contributed by atoms with Gasteiger partial charge in [-0.05, 0) is 48.9 Å². The van der Waals surface area contributed by atoms with E-state index in [1.165, 1.54) is 5.56 Å². The van der Waals surface area contributed by atoms with E-state index in [-0.39, 0.29) is 0 Å². The number of benzene rings is 2. The normalized spacial score (nSPS) is 11.1. The number of nitrogens with zero attached hydrogens (tertiary/aromatic N) is 4. The number of pyridine rings is 1.